The van der Waals surface area contributed by atoms with Crippen molar-refractivity contribution in [1.82, 2.24) is 4.90 Å². The first kappa shape index (κ1) is 19.7. The van der Waals surface area contributed by atoms with Crippen LogP contribution in [0.1, 0.15) is 25.3 Å². The second kappa shape index (κ2) is 8.02. The number of hydrogen-bond acceptors (Lipinski definition) is 5. The highest BCUT2D eigenvalue weighted by atomic mass is 16.5. The van der Waals surface area contributed by atoms with E-state index in [1.54, 1.807) is 43.5 Å². The lowest BCUT2D eigenvalue weighted by Gasteiger charge is -2.20. The molecular weight excluding hydrogens is 382 g/mol. The Morgan fingerprint density at radius 2 is 1.63 bits per heavy atom. The van der Waals surface area contributed by atoms with E-state index in [9.17, 15) is 14.4 Å². The summed E-state index contributed by atoms with van der Waals surface area (Å²) in [7, 11) is 1.55. The molecule has 2 aromatic rings. The highest BCUT2D eigenvalue weighted by molar-refractivity contribution is 6.45. The maximum Gasteiger partial charge on any atom is 0.282 e. The third kappa shape index (κ3) is 3.43. The lowest BCUT2D eigenvalue weighted by molar-refractivity contribution is -0.120. The van der Waals surface area contributed by atoms with Crippen LogP contribution in [0.5, 0.6) is 5.75 Å². The number of amides is 3. The van der Waals surface area contributed by atoms with E-state index in [1.807, 2.05) is 17.0 Å². The Bertz CT molecular complexity index is 1040. The minimum Gasteiger partial charge on any atom is -0.496 e. The number of likely N-dealkylation sites (tertiary alicyclic amines) is 1. The molecule has 2 aliphatic heterocycles. The van der Waals surface area contributed by atoms with Crippen LogP contribution in [0.25, 0.3) is 5.57 Å². The minimum atomic E-state index is -0.376. The van der Waals surface area contributed by atoms with Crippen molar-refractivity contribution in [2.45, 2.75) is 19.8 Å². The number of nitrogens with zero attached hydrogens (tertiary/aromatic N) is 2. The van der Waals surface area contributed by atoms with E-state index in [2.05, 4.69) is 5.32 Å². The smallest absolute Gasteiger partial charge is 0.282 e. The van der Waals surface area contributed by atoms with Gasteiger partial charge in [0.1, 0.15) is 11.4 Å². The molecule has 0 saturated carbocycles. The number of hydrogen-bond donors (Lipinski definition) is 1. The molecule has 3 amide bonds. The van der Waals surface area contributed by atoms with E-state index in [1.165, 1.54) is 11.8 Å². The van der Waals surface area contributed by atoms with E-state index in [4.69, 9.17) is 4.74 Å². The molecule has 0 unspecified atom stereocenters. The van der Waals surface area contributed by atoms with Gasteiger partial charge in [-0.25, -0.2) is 4.90 Å². The summed E-state index contributed by atoms with van der Waals surface area (Å²) in [5, 5.41) is 2.69. The third-order valence-corrected chi connectivity index (χ3v) is 5.30. The van der Waals surface area contributed by atoms with Crippen molar-refractivity contribution in [2.75, 3.05) is 30.4 Å². The number of carbonyl (C=O) groups excluding carboxylic acids is 3. The van der Waals surface area contributed by atoms with Gasteiger partial charge in [-0.15, -0.1) is 0 Å². The molecule has 0 radical (unpaired) electrons. The van der Waals surface area contributed by atoms with Crippen molar-refractivity contribution < 1.29 is 19.1 Å². The zero-order chi connectivity index (χ0) is 21.3. The van der Waals surface area contributed by atoms with Crippen LogP contribution in [0.4, 0.5) is 11.4 Å². The van der Waals surface area contributed by atoms with Gasteiger partial charge in [-0.2, -0.15) is 0 Å². The zero-order valence-electron chi connectivity index (χ0n) is 17.0. The first-order chi connectivity index (χ1) is 14.5. The van der Waals surface area contributed by atoms with Gasteiger partial charge < -0.3 is 15.0 Å². The molecule has 30 heavy (non-hydrogen) atoms. The summed E-state index contributed by atoms with van der Waals surface area (Å²) in [6.07, 6.45) is 1.96. The van der Waals surface area contributed by atoms with Gasteiger partial charge >= 0.3 is 0 Å². The van der Waals surface area contributed by atoms with Crippen LogP contribution in [-0.2, 0) is 14.4 Å². The number of benzene rings is 2. The molecule has 0 atom stereocenters. The van der Waals surface area contributed by atoms with E-state index in [0.717, 1.165) is 25.9 Å². The molecule has 2 heterocycles. The molecule has 7 nitrogen and oxygen atoms in total. The van der Waals surface area contributed by atoms with Crippen molar-refractivity contribution in [3.63, 3.8) is 0 Å². The van der Waals surface area contributed by atoms with Gasteiger partial charge in [-0.1, -0.05) is 18.2 Å². The fourth-order valence-corrected chi connectivity index (χ4v) is 3.98. The average Bonchev–Trinajstić information content (AvgIpc) is 3.34. The number of ether oxygens (including phenoxy) is 1. The topological polar surface area (TPSA) is 79.0 Å². The monoisotopic (exact) mass is 405 g/mol. The number of nitrogens with one attached hydrogen (secondary N) is 1. The van der Waals surface area contributed by atoms with Crippen molar-refractivity contribution in [2.24, 2.45) is 0 Å². The molecule has 0 spiro atoms. The zero-order valence-corrected chi connectivity index (χ0v) is 17.0. The quantitative estimate of drug-likeness (QED) is 0.774. The molecule has 0 aromatic heterocycles. The van der Waals surface area contributed by atoms with Crippen LogP contribution in [0.2, 0.25) is 0 Å². The second-order valence-corrected chi connectivity index (χ2v) is 7.29. The molecule has 1 N–H and O–H groups in total. The molecule has 4 rings (SSSR count). The largest absolute Gasteiger partial charge is 0.496 e. The van der Waals surface area contributed by atoms with Gasteiger partial charge in [0.15, 0.2) is 0 Å². The van der Waals surface area contributed by atoms with Gasteiger partial charge in [0, 0.05) is 31.3 Å². The van der Waals surface area contributed by atoms with Gasteiger partial charge in [0.05, 0.1) is 18.4 Å². The van der Waals surface area contributed by atoms with Gasteiger partial charge in [-0.3, -0.25) is 14.4 Å². The van der Waals surface area contributed by atoms with Gasteiger partial charge in [-0.05, 0) is 43.2 Å². The minimum absolute atomic E-state index is 0.187. The summed E-state index contributed by atoms with van der Waals surface area (Å²) < 4.78 is 5.47. The summed E-state index contributed by atoms with van der Waals surface area (Å²) in [5.41, 5.74) is 2.46. The maximum absolute atomic E-state index is 13.5. The van der Waals surface area contributed by atoms with Gasteiger partial charge in [0.2, 0.25) is 5.91 Å². The molecular formula is C23H23N3O4. The predicted octanol–water partition coefficient (Wildman–Crippen LogP) is 3.03. The maximum atomic E-state index is 13.5. The Morgan fingerprint density at radius 1 is 0.967 bits per heavy atom. The van der Waals surface area contributed by atoms with Gasteiger partial charge in [0.25, 0.3) is 11.8 Å². The van der Waals surface area contributed by atoms with Crippen molar-refractivity contribution in [1.29, 1.82) is 0 Å². The molecule has 154 valence electrons. The van der Waals surface area contributed by atoms with Crippen LogP contribution < -0.4 is 15.0 Å². The van der Waals surface area contributed by atoms with Crippen LogP contribution in [0.15, 0.2) is 54.2 Å². The number of imide groups is 1. The highest BCUT2D eigenvalue weighted by Crippen LogP contribution is 2.39. The molecule has 0 bridgehead atoms. The summed E-state index contributed by atoms with van der Waals surface area (Å²) >= 11 is 0. The Kier molecular flexibility index (Phi) is 5.27. The third-order valence-electron chi connectivity index (χ3n) is 5.30. The summed E-state index contributed by atoms with van der Waals surface area (Å²) in [6, 6.07) is 13.9. The Balaban J connectivity index is 1.78. The van der Waals surface area contributed by atoms with E-state index in [-0.39, 0.29) is 17.7 Å². The molecule has 7 heteroatoms. The molecule has 1 saturated heterocycles. The van der Waals surface area contributed by atoms with Crippen molar-refractivity contribution >= 4 is 34.7 Å². The van der Waals surface area contributed by atoms with Crippen LogP contribution in [0.3, 0.4) is 0 Å². The number of para-hydroxylation sites is 1. The first-order valence-corrected chi connectivity index (χ1v) is 9.90. The molecule has 1 fully saturated rings. The number of rotatable bonds is 5. The molecule has 2 aromatic carbocycles. The van der Waals surface area contributed by atoms with E-state index >= 15 is 0 Å². The lowest BCUT2D eigenvalue weighted by Crippen LogP contribution is -2.34. The normalized spacial score (nSPS) is 16.5. The fourth-order valence-electron chi connectivity index (χ4n) is 3.98. The molecule has 2 aliphatic rings. The summed E-state index contributed by atoms with van der Waals surface area (Å²) in [4.78, 5) is 41.4. The molecule has 0 aliphatic carbocycles. The van der Waals surface area contributed by atoms with Crippen molar-refractivity contribution in [3.05, 3.63) is 59.8 Å². The number of carbonyl (C=O) groups is 3. The second-order valence-electron chi connectivity index (χ2n) is 7.29. The van der Waals surface area contributed by atoms with Crippen LogP contribution in [-0.4, -0.2) is 42.8 Å². The highest BCUT2D eigenvalue weighted by Gasteiger charge is 2.43. The van der Waals surface area contributed by atoms with Crippen molar-refractivity contribution in [3.8, 4) is 5.75 Å². The Labute approximate surface area is 174 Å². The lowest BCUT2D eigenvalue weighted by atomic mass is 10.0. The van der Waals surface area contributed by atoms with E-state index in [0.29, 0.717) is 34.0 Å². The predicted molar refractivity (Wildman–Crippen MR) is 114 cm³/mol. The van der Waals surface area contributed by atoms with Crippen LogP contribution >= 0.6 is 0 Å². The fraction of sp³-hybridized carbons (Fsp3) is 0.261. The Hall–Kier alpha value is -3.61. The SMILES string of the molecule is COc1ccccc1C1=C(N2CCCC2)C(=O)N(c2ccc(NC(C)=O)cc2)C1=O. The summed E-state index contributed by atoms with van der Waals surface area (Å²) in [6.45, 7) is 2.90. The standard InChI is InChI=1S/C23H23N3O4/c1-15(27)24-16-9-11-17(12-10-16)26-22(28)20(18-7-3-4-8-19(18)30-2)21(23(26)29)25-13-5-6-14-25/h3-4,7-12H,5-6,13-14H2,1-2H3,(H,24,27). The number of methoxy groups -OCH3 is 1. The van der Waals surface area contributed by atoms with E-state index < -0.39 is 0 Å². The number of anilines is 2. The first-order valence-electron chi connectivity index (χ1n) is 9.90. The van der Waals surface area contributed by atoms with Crippen LogP contribution in [0, 0.1) is 0 Å². The Morgan fingerprint density at radius 3 is 2.27 bits per heavy atom. The average molecular weight is 405 g/mol. The summed E-state index contributed by atoms with van der Waals surface area (Å²) in [5.74, 6) is -0.352.